The predicted molar refractivity (Wildman–Crippen MR) is 78.5 cm³/mol. The summed E-state index contributed by atoms with van der Waals surface area (Å²) in [5.41, 5.74) is 0. The van der Waals surface area contributed by atoms with Crippen LogP contribution >= 0.6 is 0 Å². The minimum atomic E-state index is -0.999. The number of benzene rings is 1. The monoisotopic (exact) mass is 251 g/mol. The first-order valence-corrected chi connectivity index (χ1v) is 16.2. The van der Waals surface area contributed by atoms with E-state index in [1.54, 1.807) is 5.19 Å². The molecule has 0 saturated carbocycles. The fraction of sp³-hybridized carbons (Fsp3) is 0.500. The molecule has 1 rings (SSSR count). The van der Waals surface area contributed by atoms with Crippen molar-refractivity contribution in [1.29, 1.82) is 0 Å². The fourth-order valence-corrected chi connectivity index (χ4v) is 40.3. The number of hydrogen-bond donors (Lipinski definition) is 0. The maximum absolute atomic E-state index is 2.55. The average molecular weight is 252 g/mol. The highest BCUT2D eigenvalue weighted by Gasteiger charge is 2.24. The smallest absolute Gasteiger partial charge is 0.0625 e. The minimum Gasteiger partial charge on any atom is -0.281 e. The van der Waals surface area contributed by atoms with E-state index in [1.165, 1.54) is 0 Å². The van der Waals surface area contributed by atoms with Crippen LogP contribution in [0, 0.1) is 0 Å². The van der Waals surface area contributed by atoms with Crippen LogP contribution in [0.15, 0.2) is 30.3 Å². The lowest BCUT2D eigenvalue weighted by molar-refractivity contribution is 1.74. The van der Waals surface area contributed by atoms with Gasteiger partial charge in [0, 0.05) is 0 Å². The van der Waals surface area contributed by atoms with E-state index in [0.717, 1.165) is 0 Å². The van der Waals surface area contributed by atoms with Crippen LogP contribution in [0.25, 0.3) is 0 Å². The summed E-state index contributed by atoms with van der Waals surface area (Å²) in [4.78, 5) is 0. The SMILES string of the molecule is C[Si](C)(C)[Si-](c1ccccc1)[Si](C)(C)C. The second-order valence-electron chi connectivity index (χ2n) is 6.24. The first kappa shape index (κ1) is 12.9. The van der Waals surface area contributed by atoms with Crippen molar-refractivity contribution in [3.05, 3.63) is 30.3 Å². The largest absolute Gasteiger partial charge is 0.281 e. The molecule has 0 N–H and O–H groups in total. The third-order valence-electron chi connectivity index (χ3n) is 2.56. The van der Waals surface area contributed by atoms with Gasteiger partial charge in [0.05, 0.1) is 0 Å². The van der Waals surface area contributed by atoms with Crippen LogP contribution in [0.2, 0.25) is 39.3 Å². The van der Waals surface area contributed by atoms with E-state index < -0.39 is 15.2 Å². The van der Waals surface area contributed by atoms with Crippen LogP contribution in [0.3, 0.4) is 0 Å². The molecule has 0 aliphatic carbocycles. The van der Waals surface area contributed by atoms with Gasteiger partial charge in [0.1, 0.15) is 0 Å². The van der Waals surface area contributed by atoms with Gasteiger partial charge in [-0.25, -0.2) is 5.19 Å². The highest BCUT2D eigenvalue weighted by molar-refractivity contribution is 7.64. The first-order valence-electron chi connectivity index (χ1n) is 5.66. The zero-order valence-electron chi connectivity index (χ0n) is 10.9. The molecule has 0 nitrogen and oxygen atoms in total. The van der Waals surface area contributed by atoms with Gasteiger partial charge in [-0.1, -0.05) is 84.8 Å². The summed E-state index contributed by atoms with van der Waals surface area (Å²) < 4.78 is 0. The summed E-state index contributed by atoms with van der Waals surface area (Å²) >= 11 is 0. The molecule has 0 atom stereocenters. The van der Waals surface area contributed by atoms with Gasteiger partial charge < -0.3 is 0 Å². The van der Waals surface area contributed by atoms with E-state index in [2.05, 4.69) is 69.6 Å². The molecule has 1 aromatic carbocycles. The van der Waals surface area contributed by atoms with Gasteiger partial charge >= 0.3 is 0 Å². The van der Waals surface area contributed by atoms with E-state index in [4.69, 9.17) is 0 Å². The molecular formula is C12H23Si3-. The van der Waals surface area contributed by atoms with Crippen LogP contribution in [0.5, 0.6) is 0 Å². The molecule has 0 fully saturated rings. The fourth-order valence-electron chi connectivity index (χ4n) is 2.60. The van der Waals surface area contributed by atoms with E-state index in [1.807, 2.05) is 0 Å². The summed E-state index contributed by atoms with van der Waals surface area (Å²) in [7, 11) is -2.27. The van der Waals surface area contributed by atoms with Crippen molar-refractivity contribution in [2.75, 3.05) is 0 Å². The summed E-state index contributed by atoms with van der Waals surface area (Å²) in [5.74, 6) is 0. The lowest BCUT2D eigenvalue weighted by atomic mass is 10.4. The molecular weight excluding hydrogens is 228 g/mol. The summed E-state index contributed by atoms with van der Waals surface area (Å²) in [5, 5.41) is 1.68. The molecule has 0 unspecified atom stereocenters. The quantitative estimate of drug-likeness (QED) is 0.724. The van der Waals surface area contributed by atoms with Crippen LogP contribution in [-0.4, -0.2) is 23.0 Å². The molecule has 0 spiro atoms. The van der Waals surface area contributed by atoms with E-state index in [-0.39, 0.29) is 7.83 Å². The van der Waals surface area contributed by atoms with Crippen molar-refractivity contribution in [1.82, 2.24) is 0 Å². The Morgan fingerprint density at radius 2 is 1.13 bits per heavy atom. The Labute approximate surface area is 97.9 Å². The molecule has 15 heavy (non-hydrogen) atoms. The average Bonchev–Trinajstić information content (AvgIpc) is 2.00. The van der Waals surface area contributed by atoms with E-state index in [0.29, 0.717) is 0 Å². The Balaban J connectivity index is 3.15. The third-order valence-corrected chi connectivity index (χ3v) is 30.7. The van der Waals surface area contributed by atoms with E-state index >= 15 is 0 Å². The van der Waals surface area contributed by atoms with Gasteiger partial charge in [0.15, 0.2) is 0 Å². The van der Waals surface area contributed by atoms with Gasteiger partial charge in [0.25, 0.3) is 0 Å². The summed E-state index contributed by atoms with van der Waals surface area (Å²) in [6.45, 7) is 15.3. The minimum absolute atomic E-state index is 0.275. The van der Waals surface area contributed by atoms with Crippen LogP contribution in [0.4, 0.5) is 0 Å². The van der Waals surface area contributed by atoms with Crippen molar-refractivity contribution in [2.24, 2.45) is 0 Å². The Morgan fingerprint density at radius 3 is 1.47 bits per heavy atom. The molecule has 0 heterocycles. The second kappa shape index (κ2) is 4.39. The van der Waals surface area contributed by atoms with Gasteiger partial charge in [0.2, 0.25) is 0 Å². The van der Waals surface area contributed by atoms with Gasteiger partial charge in [-0.2, -0.15) is 0 Å². The molecule has 3 heteroatoms. The molecule has 0 saturated heterocycles. The van der Waals surface area contributed by atoms with Gasteiger partial charge in [-0.15, -0.1) is 0 Å². The molecule has 0 radical (unpaired) electrons. The molecule has 0 aromatic heterocycles. The van der Waals surface area contributed by atoms with Gasteiger partial charge in [-0.05, 0) is 0 Å². The predicted octanol–water partition coefficient (Wildman–Crippen LogP) is 3.22. The van der Waals surface area contributed by atoms with Crippen LogP contribution < -0.4 is 5.19 Å². The maximum Gasteiger partial charge on any atom is -0.0625 e. The number of rotatable bonds is 3. The Morgan fingerprint density at radius 1 is 0.733 bits per heavy atom. The zero-order chi connectivity index (χ0) is 11.7. The van der Waals surface area contributed by atoms with Crippen molar-refractivity contribution in [2.45, 2.75) is 39.3 Å². The summed E-state index contributed by atoms with van der Waals surface area (Å²) in [6, 6.07) is 11.3. The maximum atomic E-state index is 2.55. The molecule has 84 valence electrons. The standard InChI is InChI=1S/C12H23Si3/c1-14(2,3)13(15(4,5)6)12-10-8-7-9-11-12/h7-11H,1-6H3/q-1. The highest BCUT2D eigenvalue weighted by Crippen LogP contribution is 2.17. The van der Waals surface area contributed by atoms with Crippen molar-refractivity contribution < 1.29 is 0 Å². The lowest BCUT2D eigenvalue weighted by Gasteiger charge is -2.53. The lowest BCUT2D eigenvalue weighted by Crippen LogP contribution is -2.65. The van der Waals surface area contributed by atoms with Crippen LogP contribution in [-0.2, 0) is 0 Å². The molecule has 1 aromatic rings. The normalized spacial score (nSPS) is 12.7. The third kappa shape index (κ3) is 3.43. The Hall–Kier alpha value is -0.129. The molecule has 0 aliphatic heterocycles. The van der Waals surface area contributed by atoms with E-state index in [9.17, 15) is 0 Å². The second-order valence-corrected chi connectivity index (χ2v) is 30.1. The van der Waals surface area contributed by atoms with Crippen molar-refractivity contribution in [3.63, 3.8) is 0 Å². The Kier molecular flexibility index (Phi) is 3.79. The van der Waals surface area contributed by atoms with Crippen molar-refractivity contribution in [3.8, 4) is 0 Å². The zero-order valence-corrected chi connectivity index (χ0v) is 13.9. The van der Waals surface area contributed by atoms with Crippen molar-refractivity contribution >= 4 is 28.2 Å². The summed E-state index contributed by atoms with van der Waals surface area (Å²) in [6.07, 6.45) is 0. The first-order chi connectivity index (χ1) is 6.73. The van der Waals surface area contributed by atoms with Crippen LogP contribution in [0.1, 0.15) is 0 Å². The Bertz CT molecular complexity index is 292. The topological polar surface area (TPSA) is 0 Å². The molecule has 0 bridgehead atoms. The molecule has 0 amide bonds. The van der Waals surface area contributed by atoms with Gasteiger partial charge in [-0.3, -0.25) is 7.83 Å². The molecule has 0 aliphatic rings. The number of hydrogen-bond acceptors (Lipinski definition) is 0. The highest BCUT2D eigenvalue weighted by atomic mass is 29.6.